The number of hydrogen-bond donors (Lipinski definition) is 1. The van der Waals surface area contributed by atoms with Crippen molar-refractivity contribution in [2.24, 2.45) is 0 Å². The van der Waals surface area contributed by atoms with E-state index in [1.54, 1.807) is 0 Å². The Morgan fingerprint density at radius 1 is 0.958 bits per heavy atom. The van der Waals surface area contributed by atoms with E-state index in [-0.39, 0.29) is 6.09 Å². The fourth-order valence-electron chi connectivity index (χ4n) is 3.47. The molecule has 0 unspecified atom stereocenters. The maximum absolute atomic E-state index is 11.4. The molecule has 124 valence electrons. The van der Waals surface area contributed by atoms with Crippen LogP contribution in [0, 0.1) is 0 Å². The summed E-state index contributed by atoms with van der Waals surface area (Å²) in [5.74, 6) is 0. The van der Waals surface area contributed by atoms with Gasteiger partial charge in [0.05, 0.1) is 5.69 Å². The van der Waals surface area contributed by atoms with Gasteiger partial charge in [0, 0.05) is 12.1 Å². The Kier molecular flexibility index (Phi) is 4.22. The summed E-state index contributed by atoms with van der Waals surface area (Å²) in [6, 6.07) is 14.9. The third kappa shape index (κ3) is 3.29. The van der Waals surface area contributed by atoms with Crippen LogP contribution in [0.2, 0.25) is 0 Å². The molecule has 0 aliphatic carbocycles. The van der Waals surface area contributed by atoms with Gasteiger partial charge in [-0.2, -0.15) is 0 Å². The molecule has 2 aliphatic rings. The van der Waals surface area contributed by atoms with Crippen molar-refractivity contribution in [3.63, 3.8) is 0 Å². The number of amides is 1. The number of carbonyl (C=O) groups is 1. The molecule has 0 saturated carbocycles. The highest BCUT2D eigenvalue weighted by atomic mass is 16.5. The zero-order chi connectivity index (χ0) is 16.4. The monoisotopic (exact) mass is 322 g/mol. The molecule has 2 heterocycles. The van der Waals surface area contributed by atoms with Gasteiger partial charge in [0.25, 0.3) is 0 Å². The summed E-state index contributed by atoms with van der Waals surface area (Å²) < 4.78 is 4.98. The van der Waals surface area contributed by atoms with E-state index in [4.69, 9.17) is 4.74 Å². The van der Waals surface area contributed by atoms with Crippen molar-refractivity contribution in [3.05, 3.63) is 53.6 Å². The van der Waals surface area contributed by atoms with E-state index < -0.39 is 0 Å². The number of carbonyl (C=O) groups excluding carboxylic acids is 1. The Labute approximate surface area is 142 Å². The topological polar surface area (TPSA) is 41.6 Å². The van der Waals surface area contributed by atoms with Crippen molar-refractivity contribution in [1.29, 1.82) is 0 Å². The summed E-state index contributed by atoms with van der Waals surface area (Å²) in [5.41, 5.74) is 5.50. The number of cyclic esters (lactones) is 1. The lowest BCUT2D eigenvalue weighted by atomic mass is 10.0. The number of hydrogen-bond acceptors (Lipinski definition) is 3. The lowest BCUT2D eigenvalue weighted by Gasteiger charge is -2.26. The van der Waals surface area contributed by atoms with Gasteiger partial charge in [0.1, 0.15) is 6.61 Å². The van der Waals surface area contributed by atoms with E-state index in [0.29, 0.717) is 6.61 Å². The Hall–Kier alpha value is -2.33. The molecule has 0 bridgehead atoms. The standard InChI is InChI=1S/C20H22N2O2/c23-20-21-19-12-17(8-9-18(19)14-24-20)16-6-4-15(5-7-16)13-22-10-2-1-3-11-22/h4-9,12H,1-3,10-11,13-14H2,(H,21,23). The normalized spacial score (nSPS) is 17.8. The predicted molar refractivity (Wildman–Crippen MR) is 94.8 cm³/mol. The number of likely N-dealkylation sites (tertiary alicyclic amines) is 1. The van der Waals surface area contributed by atoms with Crippen LogP contribution in [0.1, 0.15) is 30.4 Å². The lowest BCUT2D eigenvalue weighted by Crippen LogP contribution is -2.28. The molecule has 1 amide bonds. The van der Waals surface area contributed by atoms with Gasteiger partial charge in [-0.1, -0.05) is 42.8 Å². The van der Waals surface area contributed by atoms with Crippen LogP contribution in [-0.2, 0) is 17.9 Å². The van der Waals surface area contributed by atoms with Crippen LogP contribution in [0.3, 0.4) is 0 Å². The van der Waals surface area contributed by atoms with Crippen LogP contribution in [0.4, 0.5) is 10.5 Å². The first-order chi connectivity index (χ1) is 11.8. The van der Waals surface area contributed by atoms with Crippen LogP contribution >= 0.6 is 0 Å². The smallest absolute Gasteiger partial charge is 0.411 e. The van der Waals surface area contributed by atoms with Crippen molar-refractivity contribution in [2.75, 3.05) is 18.4 Å². The molecule has 0 aromatic heterocycles. The second-order valence-electron chi connectivity index (χ2n) is 6.61. The first-order valence-corrected chi connectivity index (χ1v) is 8.66. The van der Waals surface area contributed by atoms with Crippen molar-refractivity contribution in [1.82, 2.24) is 4.90 Å². The minimum absolute atomic E-state index is 0.343. The maximum atomic E-state index is 11.4. The highest BCUT2D eigenvalue weighted by Gasteiger charge is 2.16. The zero-order valence-electron chi connectivity index (χ0n) is 13.8. The number of rotatable bonds is 3. The summed E-state index contributed by atoms with van der Waals surface area (Å²) in [4.78, 5) is 13.9. The maximum Gasteiger partial charge on any atom is 0.411 e. The van der Waals surface area contributed by atoms with E-state index >= 15 is 0 Å². The van der Waals surface area contributed by atoms with E-state index in [1.165, 1.54) is 43.5 Å². The molecule has 1 N–H and O–H groups in total. The Morgan fingerprint density at radius 3 is 2.50 bits per heavy atom. The van der Waals surface area contributed by atoms with Gasteiger partial charge in [-0.05, 0) is 48.7 Å². The molecule has 1 saturated heterocycles. The zero-order valence-corrected chi connectivity index (χ0v) is 13.8. The molecule has 24 heavy (non-hydrogen) atoms. The lowest BCUT2D eigenvalue weighted by molar-refractivity contribution is 0.151. The molecule has 2 aromatic carbocycles. The van der Waals surface area contributed by atoms with Crippen LogP contribution < -0.4 is 5.32 Å². The molecule has 2 aromatic rings. The molecule has 1 fully saturated rings. The average Bonchev–Trinajstić information content (AvgIpc) is 2.62. The number of benzene rings is 2. The second kappa shape index (κ2) is 6.65. The summed E-state index contributed by atoms with van der Waals surface area (Å²) in [6.45, 7) is 3.82. The van der Waals surface area contributed by atoms with Crippen LogP contribution in [0.25, 0.3) is 11.1 Å². The van der Waals surface area contributed by atoms with Crippen LogP contribution in [0.5, 0.6) is 0 Å². The summed E-state index contributed by atoms with van der Waals surface area (Å²) in [5, 5.41) is 2.77. The molecule has 0 spiro atoms. The van der Waals surface area contributed by atoms with Gasteiger partial charge in [-0.3, -0.25) is 10.2 Å². The van der Waals surface area contributed by atoms with Gasteiger partial charge in [0.15, 0.2) is 0 Å². The van der Waals surface area contributed by atoms with Crippen molar-refractivity contribution in [3.8, 4) is 11.1 Å². The van der Waals surface area contributed by atoms with Gasteiger partial charge in [0.2, 0.25) is 0 Å². The fourth-order valence-corrected chi connectivity index (χ4v) is 3.47. The van der Waals surface area contributed by atoms with Gasteiger partial charge >= 0.3 is 6.09 Å². The fraction of sp³-hybridized carbons (Fsp3) is 0.350. The third-order valence-corrected chi connectivity index (χ3v) is 4.85. The molecule has 4 nitrogen and oxygen atoms in total. The Balaban J connectivity index is 1.50. The quantitative estimate of drug-likeness (QED) is 0.910. The van der Waals surface area contributed by atoms with E-state index in [9.17, 15) is 4.79 Å². The summed E-state index contributed by atoms with van der Waals surface area (Å²) in [6.07, 6.45) is 3.64. The molecule has 0 radical (unpaired) electrons. The molecule has 4 heteroatoms. The highest BCUT2D eigenvalue weighted by Crippen LogP contribution is 2.29. The molecule has 4 rings (SSSR count). The average molecular weight is 322 g/mol. The first-order valence-electron chi connectivity index (χ1n) is 8.66. The van der Waals surface area contributed by atoms with E-state index in [0.717, 1.165) is 23.4 Å². The first kappa shape index (κ1) is 15.2. The predicted octanol–water partition coefficient (Wildman–Crippen LogP) is 4.40. The van der Waals surface area contributed by atoms with Gasteiger partial charge in [-0.25, -0.2) is 4.79 Å². The highest BCUT2D eigenvalue weighted by molar-refractivity contribution is 5.89. The van der Waals surface area contributed by atoms with Gasteiger partial charge < -0.3 is 4.74 Å². The van der Waals surface area contributed by atoms with Crippen molar-refractivity contribution < 1.29 is 9.53 Å². The molecular weight excluding hydrogens is 300 g/mol. The second-order valence-corrected chi connectivity index (χ2v) is 6.61. The summed E-state index contributed by atoms with van der Waals surface area (Å²) >= 11 is 0. The summed E-state index contributed by atoms with van der Waals surface area (Å²) in [7, 11) is 0. The van der Waals surface area contributed by atoms with Gasteiger partial charge in [-0.15, -0.1) is 0 Å². The Morgan fingerprint density at radius 2 is 1.71 bits per heavy atom. The Bertz CT molecular complexity index is 734. The third-order valence-electron chi connectivity index (χ3n) is 4.85. The number of nitrogens with zero attached hydrogens (tertiary/aromatic N) is 1. The number of piperidine rings is 1. The van der Waals surface area contributed by atoms with Crippen LogP contribution in [0.15, 0.2) is 42.5 Å². The largest absolute Gasteiger partial charge is 0.444 e. The minimum atomic E-state index is -0.378. The van der Waals surface area contributed by atoms with E-state index in [2.05, 4.69) is 40.5 Å². The SMILES string of the molecule is O=C1Nc2cc(-c3ccc(CN4CCCCC4)cc3)ccc2CO1. The molecule has 2 aliphatic heterocycles. The van der Waals surface area contributed by atoms with Crippen molar-refractivity contribution in [2.45, 2.75) is 32.4 Å². The van der Waals surface area contributed by atoms with Crippen molar-refractivity contribution >= 4 is 11.8 Å². The number of anilines is 1. The molecular formula is C20H22N2O2. The van der Waals surface area contributed by atoms with Crippen LogP contribution in [-0.4, -0.2) is 24.1 Å². The molecule has 0 atom stereocenters. The number of fused-ring (bicyclic) bond motifs is 1. The number of ether oxygens (including phenoxy) is 1. The minimum Gasteiger partial charge on any atom is -0.444 e. The van der Waals surface area contributed by atoms with E-state index in [1.807, 2.05) is 12.1 Å². The number of nitrogens with one attached hydrogen (secondary N) is 1.